The highest BCUT2D eigenvalue weighted by molar-refractivity contribution is 7.89. The number of rotatable bonds is 8. The van der Waals surface area contributed by atoms with E-state index in [-0.39, 0.29) is 18.0 Å². The topological polar surface area (TPSA) is 93.2 Å². The average molecular weight is 495 g/mol. The molecule has 0 saturated carbocycles. The molecule has 3 aromatic rings. The van der Waals surface area contributed by atoms with Crippen LogP contribution in [0, 0.1) is 0 Å². The molecule has 0 radical (unpaired) electrons. The molecule has 0 spiro atoms. The van der Waals surface area contributed by atoms with Crippen molar-refractivity contribution in [1.29, 1.82) is 0 Å². The quantitative estimate of drug-likeness (QED) is 0.447. The molecule has 8 nitrogen and oxygen atoms in total. The lowest BCUT2D eigenvalue weighted by Crippen LogP contribution is -2.51. The third-order valence-electron chi connectivity index (χ3n) is 5.72. The van der Waals surface area contributed by atoms with E-state index in [4.69, 9.17) is 9.47 Å². The number of sulfonamides is 1. The fourth-order valence-electron chi connectivity index (χ4n) is 3.89. The number of ether oxygens (including phenoxy) is 2. The summed E-state index contributed by atoms with van der Waals surface area (Å²) in [5.74, 6) is -0.735. The van der Waals surface area contributed by atoms with Gasteiger partial charge in [0, 0.05) is 6.54 Å². The molecule has 182 valence electrons. The summed E-state index contributed by atoms with van der Waals surface area (Å²) in [7, 11) is -2.71. The number of hydrogen-bond donors (Lipinski definition) is 0. The van der Waals surface area contributed by atoms with Gasteiger partial charge in [0.05, 0.1) is 30.8 Å². The van der Waals surface area contributed by atoms with E-state index in [9.17, 15) is 18.0 Å². The summed E-state index contributed by atoms with van der Waals surface area (Å²) in [5.41, 5.74) is 1.42. The molecule has 1 atom stereocenters. The summed E-state index contributed by atoms with van der Waals surface area (Å²) in [5, 5.41) is 0. The third kappa shape index (κ3) is 5.52. The number of para-hydroxylation sites is 2. The van der Waals surface area contributed by atoms with E-state index in [0.717, 1.165) is 5.56 Å². The summed E-state index contributed by atoms with van der Waals surface area (Å²) in [6.45, 7) is -0.369. The summed E-state index contributed by atoms with van der Waals surface area (Å²) in [6, 6.07) is 24.3. The summed E-state index contributed by atoms with van der Waals surface area (Å²) >= 11 is 0. The average Bonchev–Trinajstić information content (AvgIpc) is 2.90. The normalized spacial score (nSPS) is 15.3. The lowest BCUT2D eigenvalue weighted by atomic mass is 10.1. The number of fused-ring (bicyclic) bond motifs is 1. The van der Waals surface area contributed by atoms with Crippen molar-refractivity contribution in [2.24, 2.45) is 0 Å². The highest BCUT2D eigenvalue weighted by atomic mass is 32.2. The maximum Gasteiger partial charge on any atom is 0.348 e. The van der Waals surface area contributed by atoms with E-state index in [2.05, 4.69) is 0 Å². The van der Waals surface area contributed by atoms with E-state index in [1.54, 1.807) is 42.5 Å². The molecular weight excluding hydrogens is 468 g/mol. The van der Waals surface area contributed by atoms with Crippen LogP contribution in [0.4, 0.5) is 5.69 Å². The number of nitrogens with zero attached hydrogens (tertiary/aromatic N) is 2. The summed E-state index contributed by atoms with van der Waals surface area (Å²) in [6.07, 6.45) is -0.577. The molecule has 4 rings (SSSR count). The van der Waals surface area contributed by atoms with Gasteiger partial charge in [0.25, 0.3) is 0 Å². The van der Waals surface area contributed by atoms with Gasteiger partial charge in [0.15, 0.2) is 0 Å². The first kappa shape index (κ1) is 24.4. The van der Waals surface area contributed by atoms with E-state index in [1.165, 1.54) is 28.4 Å². The van der Waals surface area contributed by atoms with E-state index >= 15 is 0 Å². The Morgan fingerprint density at radius 2 is 1.60 bits per heavy atom. The van der Waals surface area contributed by atoms with Gasteiger partial charge in [-0.05, 0) is 36.2 Å². The highest BCUT2D eigenvalue weighted by Gasteiger charge is 2.36. The van der Waals surface area contributed by atoms with Crippen molar-refractivity contribution in [3.63, 3.8) is 0 Å². The number of methoxy groups -OCH3 is 1. The van der Waals surface area contributed by atoms with Crippen LogP contribution in [0.3, 0.4) is 0 Å². The van der Waals surface area contributed by atoms with Crippen LogP contribution < -0.4 is 9.64 Å². The van der Waals surface area contributed by atoms with Gasteiger partial charge in [0.1, 0.15) is 5.75 Å². The Kier molecular flexibility index (Phi) is 7.48. The van der Waals surface area contributed by atoms with Gasteiger partial charge in [-0.15, -0.1) is 0 Å². The lowest BCUT2D eigenvalue weighted by molar-refractivity contribution is -0.148. The molecule has 1 aliphatic rings. The molecule has 1 heterocycles. The Bertz CT molecular complexity index is 1280. The molecule has 1 unspecified atom stereocenters. The van der Waals surface area contributed by atoms with Crippen molar-refractivity contribution in [1.82, 2.24) is 4.31 Å². The van der Waals surface area contributed by atoms with Crippen LogP contribution >= 0.6 is 0 Å². The van der Waals surface area contributed by atoms with Crippen molar-refractivity contribution in [3.05, 3.63) is 90.5 Å². The molecule has 1 amide bonds. The van der Waals surface area contributed by atoms with Gasteiger partial charge < -0.3 is 14.4 Å². The Morgan fingerprint density at radius 3 is 2.29 bits per heavy atom. The second-order valence-electron chi connectivity index (χ2n) is 7.99. The van der Waals surface area contributed by atoms with Gasteiger partial charge in [-0.2, -0.15) is 4.31 Å². The van der Waals surface area contributed by atoms with E-state index < -0.39 is 34.5 Å². The first-order chi connectivity index (χ1) is 16.9. The Balaban J connectivity index is 1.63. The summed E-state index contributed by atoms with van der Waals surface area (Å²) < 4.78 is 38.7. The molecule has 0 bridgehead atoms. The molecule has 3 aromatic carbocycles. The number of amides is 1. The maximum atomic E-state index is 13.5. The first-order valence-corrected chi connectivity index (χ1v) is 12.6. The number of esters is 1. The van der Waals surface area contributed by atoms with Gasteiger partial charge in [0.2, 0.25) is 22.0 Å². The van der Waals surface area contributed by atoms with E-state index in [0.29, 0.717) is 17.9 Å². The lowest BCUT2D eigenvalue weighted by Gasteiger charge is -2.34. The molecule has 1 aliphatic heterocycles. The van der Waals surface area contributed by atoms with Crippen LogP contribution in [0.5, 0.6) is 5.75 Å². The van der Waals surface area contributed by atoms with Crippen LogP contribution in [0.25, 0.3) is 0 Å². The monoisotopic (exact) mass is 494 g/mol. The van der Waals surface area contributed by atoms with Gasteiger partial charge >= 0.3 is 5.97 Å². The molecule has 0 aliphatic carbocycles. The second-order valence-corrected chi connectivity index (χ2v) is 9.93. The van der Waals surface area contributed by atoms with Crippen molar-refractivity contribution in [2.75, 3.05) is 31.6 Å². The number of carbonyl (C=O) groups excluding carboxylic acids is 2. The largest absolute Gasteiger partial charge is 0.475 e. The SMILES string of the molecule is COC(=O)C1CN(C(=O)CN(CCc2ccccc2)S(=O)(=O)c2ccccc2)c2ccccc2O1. The summed E-state index contributed by atoms with van der Waals surface area (Å²) in [4.78, 5) is 27.2. The van der Waals surface area contributed by atoms with Crippen molar-refractivity contribution >= 4 is 27.6 Å². The van der Waals surface area contributed by atoms with Crippen LogP contribution in [-0.4, -0.2) is 57.4 Å². The van der Waals surface area contributed by atoms with E-state index in [1.807, 2.05) is 30.3 Å². The third-order valence-corrected chi connectivity index (χ3v) is 7.58. The molecule has 35 heavy (non-hydrogen) atoms. The van der Waals surface area contributed by atoms with Crippen molar-refractivity contribution in [2.45, 2.75) is 17.4 Å². The zero-order valence-electron chi connectivity index (χ0n) is 19.2. The van der Waals surface area contributed by atoms with Gasteiger partial charge in [-0.25, -0.2) is 13.2 Å². The van der Waals surface area contributed by atoms with Crippen LogP contribution in [0.15, 0.2) is 89.8 Å². The van der Waals surface area contributed by atoms with Crippen molar-refractivity contribution < 1.29 is 27.5 Å². The van der Waals surface area contributed by atoms with Crippen LogP contribution in [0.2, 0.25) is 0 Å². The highest BCUT2D eigenvalue weighted by Crippen LogP contribution is 2.33. The van der Waals surface area contributed by atoms with Crippen molar-refractivity contribution in [3.8, 4) is 5.75 Å². The fraction of sp³-hybridized carbons (Fsp3) is 0.231. The first-order valence-electron chi connectivity index (χ1n) is 11.1. The second kappa shape index (κ2) is 10.7. The smallest absolute Gasteiger partial charge is 0.348 e. The number of benzene rings is 3. The number of carbonyl (C=O) groups is 2. The van der Waals surface area contributed by atoms with Crippen LogP contribution in [-0.2, 0) is 30.8 Å². The minimum atomic E-state index is -3.95. The number of hydrogen-bond acceptors (Lipinski definition) is 6. The molecular formula is C26H26N2O6S. The van der Waals surface area contributed by atoms with Gasteiger partial charge in [-0.1, -0.05) is 60.7 Å². The molecule has 0 fully saturated rings. The molecule has 0 aromatic heterocycles. The van der Waals surface area contributed by atoms with Crippen LogP contribution in [0.1, 0.15) is 5.56 Å². The predicted molar refractivity (Wildman–Crippen MR) is 131 cm³/mol. The Hall–Kier alpha value is -3.69. The Labute approximate surface area is 204 Å². The Morgan fingerprint density at radius 1 is 0.971 bits per heavy atom. The molecule has 9 heteroatoms. The molecule has 0 N–H and O–H groups in total. The zero-order valence-corrected chi connectivity index (χ0v) is 20.1. The fourth-order valence-corrected chi connectivity index (χ4v) is 5.30. The minimum Gasteiger partial charge on any atom is -0.475 e. The standard InChI is InChI=1S/C26H26N2O6S/c1-33-26(30)24-18-28(22-14-8-9-15-23(22)34-24)25(29)19-27(17-16-20-10-4-2-5-11-20)35(31,32)21-12-6-3-7-13-21/h2-15,24H,16-19H2,1H3. The zero-order chi connectivity index (χ0) is 24.8. The molecule has 0 saturated heterocycles. The number of anilines is 1. The minimum absolute atomic E-state index is 0.0829. The predicted octanol–water partition coefficient (Wildman–Crippen LogP) is 2.89. The van der Waals surface area contributed by atoms with Gasteiger partial charge in [-0.3, -0.25) is 4.79 Å². The maximum absolute atomic E-state index is 13.5.